The van der Waals surface area contributed by atoms with Crippen LogP contribution in [0.25, 0.3) is 0 Å². The zero-order valence-corrected chi connectivity index (χ0v) is 23.2. The number of amides is 2. The van der Waals surface area contributed by atoms with Crippen molar-refractivity contribution in [3.05, 3.63) is 62.1 Å². The second-order valence-corrected chi connectivity index (χ2v) is 12.9. The van der Waals surface area contributed by atoms with E-state index < -0.39 is 38.7 Å². The quantitative estimate of drug-likeness (QED) is 0.550. The lowest BCUT2D eigenvalue weighted by Gasteiger charge is -2.56. The number of rotatable bonds is 5. The summed E-state index contributed by atoms with van der Waals surface area (Å²) in [6.07, 6.45) is -0.00922. The highest BCUT2D eigenvalue weighted by Crippen LogP contribution is 2.40. The summed E-state index contributed by atoms with van der Waals surface area (Å²) in [6, 6.07) is 6.23. The van der Waals surface area contributed by atoms with Gasteiger partial charge in [-0.25, -0.2) is 8.42 Å². The first-order valence-electron chi connectivity index (χ1n) is 11.1. The molecule has 36 heavy (non-hydrogen) atoms. The van der Waals surface area contributed by atoms with Crippen LogP contribution in [0, 0.1) is 0 Å². The molecule has 3 N–H and O–H groups in total. The molecule has 2 saturated heterocycles. The van der Waals surface area contributed by atoms with E-state index >= 15 is 0 Å². The Morgan fingerprint density at radius 1 is 1.03 bits per heavy atom. The fraction of sp³-hybridized carbons (Fsp3) is 0.391. The fourth-order valence-electron chi connectivity index (χ4n) is 4.64. The van der Waals surface area contributed by atoms with Gasteiger partial charge in [-0.2, -0.15) is 0 Å². The van der Waals surface area contributed by atoms with Gasteiger partial charge < -0.3 is 10.6 Å². The largest absolute Gasteiger partial charge is 0.334 e. The van der Waals surface area contributed by atoms with Gasteiger partial charge in [-0.1, -0.05) is 52.5 Å². The predicted octanol–water partition coefficient (Wildman–Crippen LogP) is 3.35. The zero-order chi connectivity index (χ0) is 26.6. The van der Waals surface area contributed by atoms with Crippen LogP contribution < -0.4 is 11.1 Å². The van der Waals surface area contributed by atoms with Crippen molar-refractivity contribution in [3.8, 4) is 0 Å². The molecule has 2 aromatic carbocycles. The van der Waals surface area contributed by atoms with Crippen LogP contribution >= 0.6 is 46.4 Å². The average Bonchev–Trinajstić information content (AvgIpc) is 2.79. The van der Waals surface area contributed by atoms with Crippen LogP contribution in [-0.2, 0) is 25.8 Å². The van der Waals surface area contributed by atoms with E-state index in [-0.39, 0.29) is 45.5 Å². The molecule has 2 aromatic rings. The number of carbonyl (C=O) groups is 2. The van der Waals surface area contributed by atoms with Crippen LogP contribution in [0.2, 0.25) is 20.1 Å². The van der Waals surface area contributed by atoms with Crippen molar-refractivity contribution in [2.45, 2.75) is 48.3 Å². The molecule has 3 atom stereocenters. The second kappa shape index (κ2) is 9.94. The molecule has 13 heteroatoms. The van der Waals surface area contributed by atoms with Gasteiger partial charge in [-0.15, -0.1) is 0 Å². The minimum atomic E-state index is -4.41. The molecule has 0 radical (unpaired) electrons. The Labute approximate surface area is 229 Å². The first kappa shape index (κ1) is 27.4. The third-order valence-electron chi connectivity index (χ3n) is 6.47. The van der Waals surface area contributed by atoms with Crippen molar-refractivity contribution in [1.29, 1.82) is 0 Å². The van der Waals surface area contributed by atoms with E-state index in [2.05, 4.69) is 5.32 Å². The third kappa shape index (κ3) is 4.49. The summed E-state index contributed by atoms with van der Waals surface area (Å²) in [5, 5.41) is 3.74. The predicted molar refractivity (Wildman–Crippen MR) is 140 cm³/mol. The van der Waals surface area contributed by atoms with Gasteiger partial charge in [-0.05, 0) is 49.7 Å². The van der Waals surface area contributed by atoms with Crippen molar-refractivity contribution in [2.24, 2.45) is 5.73 Å². The van der Waals surface area contributed by atoms with Crippen molar-refractivity contribution in [3.63, 3.8) is 0 Å². The Bertz CT molecular complexity index is 1340. The Hall–Kier alpha value is -1.59. The molecule has 0 aliphatic carbocycles. The van der Waals surface area contributed by atoms with Crippen molar-refractivity contribution in [1.82, 2.24) is 15.1 Å². The number of nitrogens with one attached hydrogen (secondary N) is 1. The lowest BCUT2D eigenvalue weighted by molar-refractivity contribution is -0.166. The van der Waals surface area contributed by atoms with Gasteiger partial charge in [0.05, 0.1) is 32.5 Å². The Morgan fingerprint density at radius 3 is 2.33 bits per heavy atom. The van der Waals surface area contributed by atoms with E-state index in [0.29, 0.717) is 10.6 Å². The number of hydrogen-bond acceptors (Lipinski definition) is 6. The van der Waals surface area contributed by atoms with E-state index in [0.717, 1.165) is 4.90 Å². The molecule has 0 saturated carbocycles. The van der Waals surface area contributed by atoms with Crippen LogP contribution in [0.15, 0.2) is 41.3 Å². The molecule has 0 spiro atoms. The van der Waals surface area contributed by atoms with Crippen molar-refractivity contribution >= 4 is 68.1 Å². The van der Waals surface area contributed by atoms with E-state index in [1.807, 2.05) is 0 Å². The highest BCUT2D eigenvalue weighted by molar-refractivity contribution is 7.93. The summed E-state index contributed by atoms with van der Waals surface area (Å²) in [5.41, 5.74) is 6.65. The average molecular weight is 594 g/mol. The highest BCUT2D eigenvalue weighted by Gasteiger charge is 2.63. The van der Waals surface area contributed by atoms with Crippen LogP contribution in [0.4, 0.5) is 0 Å². The molecule has 2 heterocycles. The van der Waals surface area contributed by atoms with Gasteiger partial charge in [0.15, 0.2) is 0 Å². The van der Waals surface area contributed by atoms with Crippen LogP contribution in [0.3, 0.4) is 0 Å². The Kier molecular flexibility index (Phi) is 7.58. The molecule has 2 amide bonds. The number of nitrogens with two attached hydrogens (primary N) is 1. The first-order chi connectivity index (χ1) is 16.8. The summed E-state index contributed by atoms with van der Waals surface area (Å²) < 4.78 is 28.6. The van der Waals surface area contributed by atoms with Crippen molar-refractivity contribution in [2.75, 3.05) is 13.1 Å². The van der Waals surface area contributed by atoms with Gasteiger partial charge >= 0.3 is 0 Å². The molecular weight excluding hydrogens is 570 g/mol. The number of piperazine rings is 1. The number of nitrogens with zero attached hydrogens (tertiary/aromatic N) is 2. The fourth-order valence-corrected chi connectivity index (χ4v) is 7.66. The summed E-state index contributed by atoms with van der Waals surface area (Å²) in [7, 11) is -4.41. The maximum atomic E-state index is 14.3. The maximum Gasteiger partial charge on any atom is 0.246 e. The van der Waals surface area contributed by atoms with Crippen LogP contribution in [-0.4, -0.2) is 66.2 Å². The highest BCUT2D eigenvalue weighted by atomic mass is 35.5. The molecule has 8 nitrogen and oxygen atoms in total. The van der Waals surface area contributed by atoms with E-state index in [1.54, 1.807) is 32.0 Å². The van der Waals surface area contributed by atoms with Gasteiger partial charge in [0, 0.05) is 24.0 Å². The molecule has 4 rings (SSSR count). The molecule has 2 aliphatic heterocycles. The summed E-state index contributed by atoms with van der Waals surface area (Å²) >= 11 is 24.6. The lowest BCUT2D eigenvalue weighted by atomic mass is 9.96. The van der Waals surface area contributed by atoms with Crippen LogP contribution in [0.1, 0.15) is 19.4 Å². The SMILES string of the molecule is CC(C)N1CC2(S(=O)(=O)c3ccc(Cl)cc3Cl)NCC(N)C(=O)N2C(Cc2ccc(Cl)c(Cl)c2)C1=O. The number of halogens is 4. The molecule has 0 bridgehead atoms. The first-order valence-corrected chi connectivity index (χ1v) is 14.1. The van der Waals surface area contributed by atoms with Crippen molar-refractivity contribution < 1.29 is 18.0 Å². The third-order valence-corrected chi connectivity index (χ3v) is 10.2. The maximum absolute atomic E-state index is 14.3. The Balaban J connectivity index is 1.93. The van der Waals surface area contributed by atoms with Gasteiger partial charge in [0.2, 0.25) is 26.6 Å². The van der Waals surface area contributed by atoms with Gasteiger partial charge in [0.1, 0.15) is 6.04 Å². The number of fused-ring (bicyclic) bond motifs is 1. The number of hydrogen-bond donors (Lipinski definition) is 2. The molecule has 2 fully saturated rings. The smallest absolute Gasteiger partial charge is 0.246 e. The molecule has 0 aromatic heterocycles. The standard InChI is InChI=1S/C23H24Cl4N4O4S/c1-12(2)30-11-23(36(34,35)20-6-4-14(24)9-17(20)27)29-10-18(28)21(32)31(23)19(22(30)33)8-13-3-5-15(25)16(26)7-13/h3-7,9,12,18-19,29H,8,10-11,28H2,1-2H3. The topological polar surface area (TPSA) is 113 Å². The number of benzene rings is 2. The lowest BCUT2D eigenvalue weighted by Crippen LogP contribution is -2.83. The summed E-state index contributed by atoms with van der Waals surface area (Å²) in [6.45, 7) is 3.12. The minimum absolute atomic E-state index is 0.00922. The van der Waals surface area contributed by atoms with E-state index in [1.165, 1.54) is 23.1 Å². The van der Waals surface area contributed by atoms with Crippen LogP contribution in [0.5, 0.6) is 0 Å². The van der Waals surface area contributed by atoms with E-state index in [9.17, 15) is 18.0 Å². The number of carbonyl (C=O) groups excluding carboxylic acids is 2. The molecule has 2 aliphatic rings. The zero-order valence-electron chi connectivity index (χ0n) is 19.3. The number of sulfone groups is 1. The molecular formula is C23H24Cl4N4O4S. The summed E-state index contributed by atoms with van der Waals surface area (Å²) in [5.74, 6) is -1.07. The summed E-state index contributed by atoms with van der Waals surface area (Å²) in [4.78, 5) is 27.5. The van der Waals surface area contributed by atoms with E-state index in [4.69, 9.17) is 52.1 Å². The monoisotopic (exact) mass is 592 g/mol. The second-order valence-electron chi connectivity index (χ2n) is 9.09. The molecule has 194 valence electrons. The van der Waals surface area contributed by atoms with Gasteiger partial charge in [0.25, 0.3) is 0 Å². The molecule has 3 unspecified atom stereocenters. The Morgan fingerprint density at radius 2 is 1.72 bits per heavy atom. The normalized spacial score (nSPS) is 24.9. The van der Waals surface area contributed by atoms with Gasteiger partial charge in [-0.3, -0.25) is 19.8 Å². The minimum Gasteiger partial charge on any atom is -0.334 e.